The Hall–Kier alpha value is -2.42. The Kier molecular flexibility index (Phi) is 3.11. The number of para-hydroxylation sites is 1. The normalized spacial score (nSPS) is 20.9. The molecular weight excluding hydrogens is 250 g/mol. The van der Waals surface area contributed by atoms with Crippen molar-refractivity contribution in [3.63, 3.8) is 0 Å². The molecule has 1 aliphatic heterocycles. The second-order valence-electron chi connectivity index (χ2n) is 5.05. The summed E-state index contributed by atoms with van der Waals surface area (Å²) < 4.78 is 0. The molecule has 20 heavy (non-hydrogen) atoms. The fourth-order valence-corrected chi connectivity index (χ4v) is 2.88. The molecule has 0 aliphatic carbocycles. The van der Waals surface area contributed by atoms with Crippen LogP contribution in [0.4, 0.5) is 5.69 Å². The first-order chi connectivity index (χ1) is 9.68. The van der Waals surface area contributed by atoms with Crippen LogP contribution in [0, 0.1) is 5.92 Å². The number of carbonyl (C=O) groups is 2. The number of anilines is 1. The third kappa shape index (κ3) is 2.01. The summed E-state index contributed by atoms with van der Waals surface area (Å²) in [6.45, 7) is 1.48. The van der Waals surface area contributed by atoms with Crippen LogP contribution in [0.2, 0.25) is 0 Å². The Balaban J connectivity index is 2.20. The van der Waals surface area contributed by atoms with Crippen molar-refractivity contribution in [1.29, 1.82) is 0 Å². The van der Waals surface area contributed by atoms with Gasteiger partial charge in [0.15, 0.2) is 0 Å². The SMILES string of the molecule is CC(=O)C1C(=O)Nc2ccccc2C1c1ccccc1. The number of ketones is 1. The number of nitrogens with one attached hydrogen (secondary N) is 1. The fourth-order valence-electron chi connectivity index (χ4n) is 2.88. The van der Waals surface area contributed by atoms with E-state index in [0.717, 1.165) is 16.8 Å². The molecule has 0 aromatic heterocycles. The summed E-state index contributed by atoms with van der Waals surface area (Å²) in [6, 6.07) is 17.4. The molecule has 1 amide bonds. The van der Waals surface area contributed by atoms with Gasteiger partial charge in [0.1, 0.15) is 11.7 Å². The van der Waals surface area contributed by atoms with Gasteiger partial charge in [0.05, 0.1) is 0 Å². The van der Waals surface area contributed by atoms with Crippen molar-refractivity contribution >= 4 is 17.4 Å². The van der Waals surface area contributed by atoms with Crippen molar-refractivity contribution in [2.24, 2.45) is 5.92 Å². The highest BCUT2D eigenvalue weighted by Gasteiger charge is 2.39. The molecule has 0 radical (unpaired) electrons. The molecule has 0 spiro atoms. The predicted molar refractivity (Wildman–Crippen MR) is 77.5 cm³/mol. The van der Waals surface area contributed by atoms with Crippen LogP contribution in [0.5, 0.6) is 0 Å². The van der Waals surface area contributed by atoms with E-state index in [0.29, 0.717) is 0 Å². The topological polar surface area (TPSA) is 46.2 Å². The second-order valence-corrected chi connectivity index (χ2v) is 5.05. The van der Waals surface area contributed by atoms with Gasteiger partial charge in [-0.05, 0) is 24.1 Å². The van der Waals surface area contributed by atoms with Crippen LogP contribution in [0.1, 0.15) is 24.0 Å². The van der Waals surface area contributed by atoms with Gasteiger partial charge in [0, 0.05) is 11.6 Å². The molecule has 1 aliphatic rings. The lowest BCUT2D eigenvalue weighted by molar-refractivity contribution is -0.130. The monoisotopic (exact) mass is 265 g/mol. The lowest BCUT2D eigenvalue weighted by Gasteiger charge is -2.32. The number of benzene rings is 2. The highest BCUT2D eigenvalue weighted by Crippen LogP contribution is 2.40. The van der Waals surface area contributed by atoms with Crippen molar-refractivity contribution < 1.29 is 9.59 Å². The van der Waals surface area contributed by atoms with E-state index in [9.17, 15) is 9.59 Å². The number of Topliss-reactive ketones (excluding diaryl/α,β-unsaturated/α-hetero) is 1. The van der Waals surface area contributed by atoms with E-state index >= 15 is 0 Å². The first-order valence-electron chi connectivity index (χ1n) is 6.63. The Morgan fingerprint density at radius 1 is 1.00 bits per heavy atom. The molecule has 1 heterocycles. The molecule has 0 saturated carbocycles. The van der Waals surface area contributed by atoms with Gasteiger partial charge in [-0.25, -0.2) is 0 Å². The smallest absolute Gasteiger partial charge is 0.235 e. The van der Waals surface area contributed by atoms with Crippen molar-refractivity contribution in [3.8, 4) is 0 Å². The molecule has 2 atom stereocenters. The van der Waals surface area contributed by atoms with Gasteiger partial charge in [-0.15, -0.1) is 0 Å². The Bertz CT molecular complexity index is 664. The molecule has 3 heteroatoms. The first-order valence-corrected chi connectivity index (χ1v) is 6.63. The highest BCUT2D eigenvalue weighted by molar-refractivity contribution is 6.10. The summed E-state index contributed by atoms with van der Waals surface area (Å²) in [4.78, 5) is 24.2. The average molecular weight is 265 g/mol. The van der Waals surface area contributed by atoms with Crippen LogP contribution in [0.25, 0.3) is 0 Å². The minimum Gasteiger partial charge on any atom is -0.325 e. The first kappa shape index (κ1) is 12.6. The maximum Gasteiger partial charge on any atom is 0.235 e. The molecule has 3 nitrogen and oxygen atoms in total. The van der Waals surface area contributed by atoms with Gasteiger partial charge < -0.3 is 5.32 Å². The molecule has 3 rings (SSSR count). The lowest BCUT2D eigenvalue weighted by Crippen LogP contribution is -2.38. The molecule has 100 valence electrons. The highest BCUT2D eigenvalue weighted by atomic mass is 16.2. The van der Waals surface area contributed by atoms with Crippen LogP contribution < -0.4 is 5.32 Å². The van der Waals surface area contributed by atoms with Crippen LogP contribution in [0.15, 0.2) is 54.6 Å². The third-order valence-electron chi connectivity index (χ3n) is 3.77. The summed E-state index contributed by atoms with van der Waals surface area (Å²) in [5.74, 6) is -1.19. The zero-order chi connectivity index (χ0) is 14.1. The van der Waals surface area contributed by atoms with E-state index in [1.807, 2.05) is 54.6 Å². The van der Waals surface area contributed by atoms with Crippen molar-refractivity contribution in [2.45, 2.75) is 12.8 Å². The van der Waals surface area contributed by atoms with Crippen molar-refractivity contribution in [3.05, 3.63) is 65.7 Å². The third-order valence-corrected chi connectivity index (χ3v) is 3.77. The summed E-state index contributed by atoms with van der Waals surface area (Å²) >= 11 is 0. The van der Waals surface area contributed by atoms with E-state index in [1.54, 1.807) is 0 Å². The van der Waals surface area contributed by atoms with E-state index in [4.69, 9.17) is 0 Å². The van der Waals surface area contributed by atoms with Crippen LogP contribution in [-0.4, -0.2) is 11.7 Å². The van der Waals surface area contributed by atoms with Crippen LogP contribution in [-0.2, 0) is 9.59 Å². The van der Waals surface area contributed by atoms with Crippen LogP contribution >= 0.6 is 0 Å². The van der Waals surface area contributed by atoms with Crippen molar-refractivity contribution in [1.82, 2.24) is 0 Å². The van der Waals surface area contributed by atoms with E-state index in [1.165, 1.54) is 6.92 Å². The number of hydrogen-bond acceptors (Lipinski definition) is 2. The van der Waals surface area contributed by atoms with Gasteiger partial charge >= 0.3 is 0 Å². The van der Waals surface area contributed by atoms with Gasteiger partial charge in [0.25, 0.3) is 0 Å². The second kappa shape index (κ2) is 4.93. The molecule has 0 fully saturated rings. The molecule has 2 aromatic rings. The molecule has 1 N–H and O–H groups in total. The van der Waals surface area contributed by atoms with E-state index in [2.05, 4.69) is 5.32 Å². The number of hydrogen-bond donors (Lipinski definition) is 1. The largest absolute Gasteiger partial charge is 0.325 e. The zero-order valence-corrected chi connectivity index (χ0v) is 11.2. The predicted octanol–water partition coefficient (Wildman–Crippen LogP) is 2.98. The summed E-state index contributed by atoms with van der Waals surface area (Å²) in [5.41, 5.74) is 2.79. The Morgan fingerprint density at radius 2 is 1.65 bits per heavy atom. The summed E-state index contributed by atoms with van der Waals surface area (Å²) in [6.07, 6.45) is 0. The van der Waals surface area contributed by atoms with Gasteiger partial charge in [0.2, 0.25) is 5.91 Å². The molecule has 0 saturated heterocycles. The van der Waals surface area contributed by atoms with Crippen molar-refractivity contribution in [2.75, 3.05) is 5.32 Å². The zero-order valence-electron chi connectivity index (χ0n) is 11.2. The molecule has 2 unspecified atom stereocenters. The minimum atomic E-state index is -0.660. The fraction of sp³-hybridized carbons (Fsp3) is 0.176. The van der Waals surface area contributed by atoms with Gasteiger partial charge in [-0.3, -0.25) is 9.59 Å². The van der Waals surface area contributed by atoms with E-state index < -0.39 is 5.92 Å². The standard InChI is InChI=1S/C17H15NO2/c1-11(19)15-16(12-7-3-2-4-8-12)13-9-5-6-10-14(13)18-17(15)20/h2-10,15-16H,1H3,(H,18,20). The Labute approximate surface area is 117 Å². The lowest BCUT2D eigenvalue weighted by atomic mass is 9.75. The average Bonchev–Trinajstić information content (AvgIpc) is 2.46. The maximum absolute atomic E-state index is 12.3. The summed E-state index contributed by atoms with van der Waals surface area (Å²) in [7, 11) is 0. The number of rotatable bonds is 2. The number of carbonyl (C=O) groups excluding carboxylic acids is 2. The molecule has 2 aromatic carbocycles. The number of amides is 1. The Morgan fingerprint density at radius 3 is 2.35 bits per heavy atom. The number of fused-ring (bicyclic) bond motifs is 1. The molecule has 0 bridgehead atoms. The summed E-state index contributed by atoms with van der Waals surface area (Å²) in [5, 5.41) is 2.83. The minimum absolute atomic E-state index is 0.106. The van der Waals surface area contributed by atoms with Gasteiger partial charge in [-0.1, -0.05) is 48.5 Å². The maximum atomic E-state index is 12.3. The molecular formula is C17H15NO2. The quantitative estimate of drug-likeness (QED) is 0.848. The van der Waals surface area contributed by atoms with Gasteiger partial charge in [-0.2, -0.15) is 0 Å². The van der Waals surface area contributed by atoms with E-state index in [-0.39, 0.29) is 17.6 Å². The van der Waals surface area contributed by atoms with Crippen LogP contribution in [0.3, 0.4) is 0 Å².